The largest absolute Gasteiger partial charge is 0.452 e. The zero-order valence-electron chi connectivity index (χ0n) is 8.72. The maximum atomic E-state index is 5.47. The number of nitrogens with one attached hydrogen (secondary N) is 1. The summed E-state index contributed by atoms with van der Waals surface area (Å²) in [6.07, 6.45) is 0. The van der Waals surface area contributed by atoms with Crippen LogP contribution in [0.15, 0.2) is 30.4 Å². The standard InChI is InChI=1S/C11H11Br2NOS/c1-7-5-16-6-8(7)3-14-4-9-2-10(12)11(13)15-9/h2,5-6,14H,3-4H2,1H3. The summed E-state index contributed by atoms with van der Waals surface area (Å²) in [7, 11) is 0. The highest BCUT2D eigenvalue weighted by atomic mass is 79.9. The van der Waals surface area contributed by atoms with E-state index in [1.54, 1.807) is 11.3 Å². The summed E-state index contributed by atoms with van der Waals surface area (Å²) >= 11 is 8.45. The number of furan rings is 1. The van der Waals surface area contributed by atoms with Crippen LogP contribution in [0, 0.1) is 6.92 Å². The van der Waals surface area contributed by atoms with Crippen LogP contribution in [0.5, 0.6) is 0 Å². The van der Waals surface area contributed by atoms with Gasteiger partial charge in [-0.1, -0.05) is 0 Å². The lowest BCUT2D eigenvalue weighted by atomic mass is 10.2. The number of hydrogen-bond acceptors (Lipinski definition) is 3. The van der Waals surface area contributed by atoms with Gasteiger partial charge in [-0.3, -0.25) is 0 Å². The molecule has 0 saturated carbocycles. The molecule has 0 aliphatic rings. The van der Waals surface area contributed by atoms with Gasteiger partial charge in [0.2, 0.25) is 0 Å². The van der Waals surface area contributed by atoms with Crippen LogP contribution in [0.3, 0.4) is 0 Å². The van der Waals surface area contributed by atoms with Crippen LogP contribution < -0.4 is 5.32 Å². The summed E-state index contributed by atoms with van der Waals surface area (Å²) in [4.78, 5) is 0. The van der Waals surface area contributed by atoms with Gasteiger partial charge in [-0.05, 0) is 66.7 Å². The molecule has 2 aromatic rings. The third-order valence-corrected chi connectivity index (χ3v) is 4.89. The summed E-state index contributed by atoms with van der Waals surface area (Å²) in [6.45, 7) is 3.75. The van der Waals surface area contributed by atoms with Gasteiger partial charge in [0.05, 0.1) is 11.0 Å². The van der Waals surface area contributed by atoms with Crippen LogP contribution in [0.25, 0.3) is 0 Å². The predicted octanol–water partition coefficient (Wildman–Crippen LogP) is 4.46. The number of hydrogen-bond donors (Lipinski definition) is 1. The van der Waals surface area contributed by atoms with E-state index in [2.05, 4.69) is 54.9 Å². The van der Waals surface area contributed by atoms with Crippen molar-refractivity contribution in [1.82, 2.24) is 5.32 Å². The fourth-order valence-corrected chi connectivity index (χ4v) is 2.88. The molecule has 86 valence electrons. The van der Waals surface area contributed by atoms with Gasteiger partial charge in [0, 0.05) is 6.54 Å². The highest BCUT2D eigenvalue weighted by Crippen LogP contribution is 2.26. The molecule has 2 heterocycles. The Hall–Kier alpha value is -0.100. The van der Waals surface area contributed by atoms with Crippen molar-refractivity contribution in [2.24, 2.45) is 0 Å². The number of thiophene rings is 1. The van der Waals surface area contributed by atoms with E-state index in [9.17, 15) is 0 Å². The molecule has 2 nitrogen and oxygen atoms in total. The van der Waals surface area contributed by atoms with Crippen molar-refractivity contribution in [3.63, 3.8) is 0 Å². The second-order valence-electron chi connectivity index (χ2n) is 3.52. The summed E-state index contributed by atoms with van der Waals surface area (Å²) in [5, 5.41) is 7.70. The van der Waals surface area contributed by atoms with Crippen molar-refractivity contribution in [2.75, 3.05) is 0 Å². The topological polar surface area (TPSA) is 25.2 Å². The molecule has 0 radical (unpaired) electrons. The lowest BCUT2D eigenvalue weighted by molar-refractivity contribution is 0.464. The molecule has 0 saturated heterocycles. The van der Waals surface area contributed by atoms with Crippen LogP contribution in [0.2, 0.25) is 0 Å². The molecule has 0 fully saturated rings. The van der Waals surface area contributed by atoms with Crippen molar-refractivity contribution in [1.29, 1.82) is 0 Å². The van der Waals surface area contributed by atoms with E-state index >= 15 is 0 Å². The molecule has 0 atom stereocenters. The zero-order chi connectivity index (χ0) is 11.5. The number of aryl methyl sites for hydroxylation is 1. The SMILES string of the molecule is Cc1cscc1CNCc1cc(Br)c(Br)o1. The molecule has 2 rings (SSSR count). The quantitative estimate of drug-likeness (QED) is 0.866. The van der Waals surface area contributed by atoms with Crippen molar-refractivity contribution in [3.05, 3.63) is 42.9 Å². The minimum atomic E-state index is 0.736. The summed E-state index contributed by atoms with van der Waals surface area (Å²) in [6, 6.07) is 1.97. The highest BCUT2D eigenvalue weighted by molar-refractivity contribution is 9.13. The minimum Gasteiger partial charge on any atom is -0.452 e. The molecule has 5 heteroatoms. The molecule has 16 heavy (non-hydrogen) atoms. The monoisotopic (exact) mass is 363 g/mol. The molecule has 0 aliphatic carbocycles. The van der Waals surface area contributed by atoms with E-state index in [0.717, 1.165) is 28.0 Å². The Balaban J connectivity index is 1.87. The Kier molecular flexibility index (Phi) is 4.24. The van der Waals surface area contributed by atoms with Crippen LogP contribution >= 0.6 is 43.2 Å². The van der Waals surface area contributed by atoms with E-state index < -0.39 is 0 Å². The predicted molar refractivity (Wildman–Crippen MR) is 73.7 cm³/mol. The summed E-state index contributed by atoms with van der Waals surface area (Å²) in [5.74, 6) is 0.923. The van der Waals surface area contributed by atoms with E-state index in [1.165, 1.54) is 11.1 Å². The van der Waals surface area contributed by atoms with Gasteiger partial charge >= 0.3 is 0 Å². The van der Waals surface area contributed by atoms with Gasteiger partial charge < -0.3 is 9.73 Å². The highest BCUT2D eigenvalue weighted by Gasteiger charge is 2.05. The average molecular weight is 365 g/mol. The smallest absolute Gasteiger partial charge is 0.183 e. The Bertz CT molecular complexity index is 459. The van der Waals surface area contributed by atoms with Crippen LogP contribution in [-0.4, -0.2) is 0 Å². The Morgan fingerprint density at radius 1 is 1.31 bits per heavy atom. The molecular weight excluding hydrogens is 354 g/mol. The maximum absolute atomic E-state index is 5.47. The Morgan fingerprint density at radius 3 is 2.69 bits per heavy atom. The van der Waals surface area contributed by atoms with Crippen molar-refractivity contribution < 1.29 is 4.42 Å². The van der Waals surface area contributed by atoms with Gasteiger partial charge in [-0.2, -0.15) is 11.3 Å². The summed E-state index contributed by atoms with van der Waals surface area (Å²) < 4.78 is 7.17. The van der Waals surface area contributed by atoms with E-state index in [-0.39, 0.29) is 0 Å². The normalized spacial score (nSPS) is 10.9. The van der Waals surface area contributed by atoms with E-state index in [1.807, 2.05) is 6.07 Å². The third kappa shape index (κ3) is 2.97. The van der Waals surface area contributed by atoms with Crippen molar-refractivity contribution in [2.45, 2.75) is 20.0 Å². The average Bonchev–Trinajstić information content (AvgIpc) is 2.76. The lowest BCUT2D eigenvalue weighted by Gasteiger charge is -2.01. The first-order valence-electron chi connectivity index (χ1n) is 4.83. The second kappa shape index (κ2) is 5.49. The van der Waals surface area contributed by atoms with Gasteiger partial charge in [0.1, 0.15) is 5.76 Å². The first-order valence-corrected chi connectivity index (χ1v) is 7.36. The van der Waals surface area contributed by atoms with Crippen LogP contribution in [0.1, 0.15) is 16.9 Å². The van der Waals surface area contributed by atoms with Crippen molar-refractivity contribution >= 4 is 43.2 Å². The fourth-order valence-electron chi connectivity index (χ4n) is 1.37. The Labute approximate surface area is 115 Å². The number of rotatable bonds is 4. The molecule has 2 aromatic heterocycles. The van der Waals surface area contributed by atoms with E-state index in [4.69, 9.17) is 4.42 Å². The molecule has 0 spiro atoms. The molecule has 0 aromatic carbocycles. The van der Waals surface area contributed by atoms with Crippen LogP contribution in [-0.2, 0) is 13.1 Å². The molecule has 0 bridgehead atoms. The van der Waals surface area contributed by atoms with Crippen molar-refractivity contribution in [3.8, 4) is 0 Å². The Morgan fingerprint density at radius 2 is 2.12 bits per heavy atom. The van der Waals surface area contributed by atoms with Gasteiger partial charge in [0.15, 0.2) is 4.67 Å². The molecular formula is C11H11Br2NOS. The van der Waals surface area contributed by atoms with Gasteiger partial charge in [-0.25, -0.2) is 0 Å². The van der Waals surface area contributed by atoms with Crippen LogP contribution in [0.4, 0.5) is 0 Å². The van der Waals surface area contributed by atoms with Gasteiger partial charge in [0.25, 0.3) is 0 Å². The zero-order valence-corrected chi connectivity index (χ0v) is 12.7. The molecule has 0 aliphatic heterocycles. The lowest BCUT2D eigenvalue weighted by Crippen LogP contribution is -2.12. The molecule has 0 unspecified atom stereocenters. The first kappa shape index (κ1) is 12.4. The third-order valence-electron chi connectivity index (χ3n) is 2.27. The second-order valence-corrected chi connectivity index (χ2v) is 5.84. The fraction of sp³-hybridized carbons (Fsp3) is 0.273. The molecule has 1 N–H and O–H groups in total. The van der Waals surface area contributed by atoms with E-state index in [0.29, 0.717) is 0 Å². The number of halogens is 2. The maximum Gasteiger partial charge on any atom is 0.183 e. The van der Waals surface area contributed by atoms with Gasteiger partial charge in [-0.15, -0.1) is 0 Å². The minimum absolute atomic E-state index is 0.736. The first-order chi connectivity index (χ1) is 7.66. The molecule has 0 amide bonds. The summed E-state index contributed by atoms with van der Waals surface area (Å²) in [5.41, 5.74) is 2.70.